The van der Waals surface area contributed by atoms with Crippen LogP contribution < -0.4 is 5.32 Å². The molecule has 0 radical (unpaired) electrons. The van der Waals surface area contributed by atoms with Gasteiger partial charge in [-0.05, 0) is 45.2 Å². The van der Waals surface area contributed by atoms with Crippen LogP contribution in [0.4, 0.5) is 0 Å². The molecule has 1 saturated heterocycles. The smallest absolute Gasteiger partial charge is 0.0249 e. The highest BCUT2D eigenvalue weighted by Crippen LogP contribution is 2.30. The van der Waals surface area contributed by atoms with Crippen molar-refractivity contribution in [2.24, 2.45) is 5.92 Å². The van der Waals surface area contributed by atoms with Gasteiger partial charge < -0.3 is 5.32 Å². The van der Waals surface area contributed by atoms with Gasteiger partial charge in [0.1, 0.15) is 0 Å². The Bertz CT molecular complexity index is 193. The fourth-order valence-electron chi connectivity index (χ4n) is 3.52. The molecule has 0 aromatic heterocycles. The summed E-state index contributed by atoms with van der Waals surface area (Å²) in [5, 5.41) is 3.50. The predicted octanol–water partition coefficient (Wildman–Crippen LogP) is 2.25. The first-order valence-corrected chi connectivity index (χ1v) is 6.76. The van der Waals surface area contributed by atoms with Crippen molar-refractivity contribution < 1.29 is 0 Å². The maximum absolute atomic E-state index is 3.50. The quantitative estimate of drug-likeness (QED) is 0.765. The van der Waals surface area contributed by atoms with E-state index in [9.17, 15) is 0 Å². The van der Waals surface area contributed by atoms with Crippen LogP contribution in [-0.2, 0) is 0 Å². The molecule has 0 aromatic carbocycles. The summed E-state index contributed by atoms with van der Waals surface area (Å²) in [5.41, 5.74) is 0. The summed E-state index contributed by atoms with van der Waals surface area (Å²) in [4.78, 5) is 2.76. The predicted molar refractivity (Wildman–Crippen MR) is 65.1 cm³/mol. The van der Waals surface area contributed by atoms with Crippen LogP contribution in [0.5, 0.6) is 0 Å². The van der Waals surface area contributed by atoms with Gasteiger partial charge in [0.2, 0.25) is 0 Å². The molecule has 3 atom stereocenters. The monoisotopic (exact) mass is 210 g/mol. The molecule has 0 bridgehead atoms. The highest BCUT2D eigenvalue weighted by molar-refractivity contribution is 4.92. The van der Waals surface area contributed by atoms with Crippen molar-refractivity contribution in [3.8, 4) is 0 Å². The van der Waals surface area contributed by atoms with Gasteiger partial charge in [-0.25, -0.2) is 0 Å². The zero-order chi connectivity index (χ0) is 10.7. The summed E-state index contributed by atoms with van der Waals surface area (Å²) in [6, 6.07) is 1.61. The van der Waals surface area contributed by atoms with Gasteiger partial charge in [-0.3, -0.25) is 4.90 Å². The number of hydrogen-bond acceptors (Lipinski definition) is 2. The van der Waals surface area contributed by atoms with Gasteiger partial charge in [0, 0.05) is 18.6 Å². The summed E-state index contributed by atoms with van der Waals surface area (Å²) in [6.07, 6.45) is 8.47. The highest BCUT2D eigenvalue weighted by atomic mass is 15.2. The number of rotatable bonds is 4. The van der Waals surface area contributed by atoms with E-state index >= 15 is 0 Å². The minimum Gasteiger partial charge on any atom is -0.315 e. The van der Waals surface area contributed by atoms with Crippen molar-refractivity contribution in [3.63, 3.8) is 0 Å². The third kappa shape index (κ3) is 2.54. The first-order chi connectivity index (χ1) is 7.35. The van der Waals surface area contributed by atoms with Crippen LogP contribution in [-0.4, -0.2) is 37.1 Å². The molecular formula is C13H26N2. The molecule has 88 valence electrons. The first kappa shape index (κ1) is 11.4. The third-order valence-corrected chi connectivity index (χ3v) is 4.33. The van der Waals surface area contributed by atoms with Crippen LogP contribution in [0.15, 0.2) is 0 Å². The number of likely N-dealkylation sites (N-methyl/N-ethyl adjacent to an activating group) is 1. The van der Waals surface area contributed by atoms with Gasteiger partial charge in [-0.2, -0.15) is 0 Å². The molecule has 2 heteroatoms. The van der Waals surface area contributed by atoms with Gasteiger partial charge in [-0.15, -0.1) is 0 Å². The Morgan fingerprint density at radius 1 is 1.27 bits per heavy atom. The second-order valence-electron chi connectivity index (χ2n) is 5.33. The Morgan fingerprint density at radius 3 is 2.87 bits per heavy atom. The molecule has 1 N–H and O–H groups in total. The lowest BCUT2D eigenvalue weighted by Crippen LogP contribution is -2.44. The first-order valence-electron chi connectivity index (χ1n) is 6.76. The lowest BCUT2D eigenvalue weighted by molar-refractivity contribution is 0.207. The summed E-state index contributed by atoms with van der Waals surface area (Å²) >= 11 is 0. The lowest BCUT2D eigenvalue weighted by Gasteiger charge is -2.29. The molecule has 1 heterocycles. The molecule has 1 saturated carbocycles. The second kappa shape index (κ2) is 5.31. The van der Waals surface area contributed by atoms with Gasteiger partial charge >= 0.3 is 0 Å². The fraction of sp³-hybridized carbons (Fsp3) is 1.00. The molecule has 15 heavy (non-hydrogen) atoms. The van der Waals surface area contributed by atoms with Crippen LogP contribution in [0, 0.1) is 5.92 Å². The molecule has 2 aliphatic rings. The second-order valence-corrected chi connectivity index (χ2v) is 5.33. The van der Waals surface area contributed by atoms with Gasteiger partial charge in [0.05, 0.1) is 0 Å². The number of likely N-dealkylation sites (tertiary alicyclic amines) is 1. The minimum atomic E-state index is 0.769. The number of nitrogens with one attached hydrogen (secondary N) is 1. The maximum Gasteiger partial charge on any atom is 0.0249 e. The van der Waals surface area contributed by atoms with E-state index in [1.54, 1.807) is 0 Å². The average Bonchev–Trinajstić information content (AvgIpc) is 2.84. The van der Waals surface area contributed by atoms with E-state index < -0.39 is 0 Å². The topological polar surface area (TPSA) is 15.3 Å². The zero-order valence-electron chi connectivity index (χ0n) is 10.3. The summed E-state index contributed by atoms with van der Waals surface area (Å²) in [7, 11) is 2.13. The van der Waals surface area contributed by atoms with Crippen molar-refractivity contribution in [3.05, 3.63) is 0 Å². The standard InChI is InChI=1S/C13H26N2/c1-3-5-11-8-9-15(10-11)13-7-4-6-12(13)14-2/h11-14H,3-10H2,1-2H3. The molecule has 2 fully saturated rings. The van der Waals surface area contributed by atoms with E-state index in [-0.39, 0.29) is 0 Å². The summed E-state index contributed by atoms with van der Waals surface area (Å²) in [5.74, 6) is 0.994. The Labute approximate surface area is 94.4 Å². The zero-order valence-corrected chi connectivity index (χ0v) is 10.3. The molecule has 3 unspecified atom stereocenters. The van der Waals surface area contributed by atoms with Crippen molar-refractivity contribution in [2.45, 2.75) is 57.5 Å². The van der Waals surface area contributed by atoms with Crippen LogP contribution >= 0.6 is 0 Å². The van der Waals surface area contributed by atoms with E-state index in [0.29, 0.717) is 0 Å². The Hall–Kier alpha value is -0.0800. The van der Waals surface area contributed by atoms with Crippen LogP contribution in [0.25, 0.3) is 0 Å². The molecule has 0 spiro atoms. The van der Waals surface area contributed by atoms with Gasteiger partial charge in [-0.1, -0.05) is 19.8 Å². The van der Waals surface area contributed by atoms with E-state index in [1.165, 1.54) is 51.6 Å². The van der Waals surface area contributed by atoms with E-state index in [1.807, 2.05) is 0 Å². The number of nitrogens with zero attached hydrogens (tertiary/aromatic N) is 1. The molecule has 1 aliphatic heterocycles. The van der Waals surface area contributed by atoms with Gasteiger partial charge in [0.25, 0.3) is 0 Å². The molecule has 2 rings (SSSR count). The van der Waals surface area contributed by atoms with Crippen molar-refractivity contribution in [2.75, 3.05) is 20.1 Å². The van der Waals surface area contributed by atoms with Gasteiger partial charge in [0.15, 0.2) is 0 Å². The normalized spacial score (nSPS) is 37.6. The molecule has 2 nitrogen and oxygen atoms in total. The summed E-state index contributed by atoms with van der Waals surface area (Å²) in [6.45, 7) is 5.04. The minimum absolute atomic E-state index is 0.769. The summed E-state index contributed by atoms with van der Waals surface area (Å²) < 4.78 is 0. The fourth-order valence-corrected chi connectivity index (χ4v) is 3.52. The van der Waals surface area contributed by atoms with Crippen molar-refractivity contribution >= 4 is 0 Å². The van der Waals surface area contributed by atoms with Crippen LogP contribution in [0.2, 0.25) is 0 Å². The average molecular weight is 210 g/mol. The molecule has 1 aliphatic carbocycles. The van der Waals surface area contributed by atoms with Crippen LogP contribution in [0.1, 0.15) is 45.4 Å². The van der Waals surface area contributed by atoms with E-state index in [0.717, 1.165) is 18.0 Å². The SMILES string of the molecule is CCCC1CCN(C2CCCC2NC)C1. The Kier molecular flexibility index (Phi) is 4.04. The van der Waals surface area contributed by atoms with E-state index in [2.05, 4.69) is 24.2 Å². The molecular weight excluding hydrogens is 184 g/mol. The molecule has 0 aromatic rings. The number of hydrogen-bond donors (Lipinski definition) is 1. The largest absolute Gasteiger partial charge is 0.315 e. The van der Waals surface area contributed by atoms with E-state index in [4.69, 9.17) is 0 Å². The van der Waals surface area contributed by atoms with Crippen molar-refractivity contribution in [1.82, 2.24) is 10.2 Å². The third-order valence-electron chi connectivity index (χ3n) is 4.33. The lowest BCUT2D eigenvalue weighted by atomic mass is 10.0. The van der Waals surface area contributed by atoms with Crippen molar-refractivity contribution in [1.29, 1.82) is 0 Å². The van der Waals surface area contributed by atoms with Crippen LogP contribution in [0.3, 0.4) is 0 Å². The maximum atomic E-state index is 3.50. The molecule has 0 amide bonds. The Balaban J connectivity index is 1.84. The highest BCUT2D eigenvalue weighted by Gasteiger charge is 2.34. The Morgan fingerprint density at radius 2 is 2.13 bits per heavy atom.